The normalized spacial score (nSPS) is 25.9. The van der Waals surface area contributed by atoms with E-state index in [0.29, 0.717) is 7.25 Å². The SMILES string of the molecule is CCCCC1=C[CH]([Zr-6]([CH3])([CH3])([CH3])([CH3])(=[SiH2])(=[SiH2])[CH]2C=Cc3c(Br)cccc32)C=C1.[Cl-].[Cl-]. The minimum atomic E-state index is -4.67. The number of hydrogen-bond acceptors (Lipinski definition) is 0. The van der Waals surface area contributed by atoms with Gasteiger partial charge in [0.05, 0.1) is 0 Å². The molecule has 0 fully saturated rings. The number of fused-ring (bicyclic) bond motifs is 1. The maximum absolute atomic E-state index is 4.67. The van der Waals surface area contributed by atoms with Crippen LogP contribution in [0.5, 0.6) is 0 Å². The smallest absolute Gasteiger partial charge is 1.00 e. The average molecular weight is 598 g/mol. The summed E-state index contributed by atoms with van der Waals surface area (Å²) < 4.78 is 13.0. The monoisotopic (exact) mass is 594 g/mol. The Morgan fingerprint density at radius 3 is 2.25 bits per heavy atom. The van der Waals surface area contributed by atoms with E-state index in [2.05, 4.69) is 104 Å². The number of unbranched alkanes of at least 4 members (excludes halogenated alkanes) is 1. The van der Waals surface area contributed by atoms with Crippen molar-refractivity contribution in [2.45, 2.75) is 52.0 Å². The van der Waals surface area contributed by atoms with Crippen LogP contribution in [0.15, 0.2) is 52.5 Å². The van der Waals surface area contributed by atoms with Crippen molar-refractivity contribution in [2.75, 3.05) is 0 Å². The molecule has 0 aliphatic heterocycles. The quantitative estimate of drug-likeness (QED) is 0.436. The van der Waals surface area contributed by atoms with E-state index in [4.69, 9.17) is 0 Å². The molecule has 2 atom stereocenters. The molecule has 1 aromatic rings. The first-order valence-electron chi connectivity index (χ1n) is 10.1. The van der Waals surface area contributed by atoms with Crippen molar-refractivity contribution in [1.82, 2.24) is 0 Å². The predicted molar refractivity (Wildman–Crippen MR) is 127 cm³/mol. The molecule has 0 aromatic heterocycles. The molecule has 0 bridgehead atoms. The number of rotatable bonds is 5. The van der Waals surface area contributed by atoms with Crippen molar-refractivity contribution in [1.29, 1.82) is 0 Å². The second kappa shape index (κ2) is 5.98. The molecule has 28 heavy (non-hydrogen) atoms. The molecule has 6 heteroatoms. The summed E-state index contributed by atoms with van der Waals surface area (Å²) in [7, 11) is 0. The van der Waals surface area contributed by atoms with Gasteiger partial charge in [-0.2, -0.15) is 0 Å². The fourth-order valence-corrected chi connectivity index (χ4v) is 28.3. The van der Waals surface area contributed by atoms with E-state index in [0.717, 1.165) is 0 Å². The first kappa shape index (κ1) is 26.9. The molecule has 2 aliphatic rings. The van der Waals surface area contributed by atoms with Crippen LogP contribution < -0.4 is 24.8 Å². The van der Waals surface area contributed by atoms with Gasteiger partial charge in [-0.3, -0.25) is 0 Å². The standard InChI is InChI=1S/C9H6Br.C9H13.4CH3.2ClH.2H2Si.Zr/c10-9-6-2-4-7-3-1-5-8(7)9;1-2-3-6-9-7-4-5-8-9;;;;;;;;;/h1-6H;4-5,7-8H,2-3,6H2,1H3;4*1H3;2*1H;2*1H2;/q;;;;;;;;;;-6/p-2. The van der Waals surface area contributed by atoms with E-state index in [9.17, 15) is 0 Å². The van der Waals surface area contributed by atoms with E-state index >= 15 is 0 Å². The molecule has 0 amide bonds. The van der Waals surface area contributed by atoms with Gasteiger partial charge in [-0.1, -0.05) is 0 Å². The van der Waals surface area contributed by atoms with Gasteiger partial charge in [-0.25, -0.2) is 0 Å². The van der Waals surface area contributed by atoms with Crippen molar-refractivity contribution >= 4 is 35.8 Å². The second-order valence-corrected chi connectivity index (χ2v) is 120. The van der Waals surface area contributed by atoms with Crippen LogP contribution in [-0.4, -0.2) is 13.8 Å². The molecule has 0 nitrogen and oxygen atoms in total. The minimum absolute atomic E-state index is 0. The van der Waals surface area contributed by atoms with Gasteiger partial charge >= 0.3 is 163 Å². The molecule has 164 valence electrons. The van der Waals surface area contributed by atoms with Gasteiger partial charge in [0.1, 0.15) is 0 Å². The molecule has 0 spiro atoms. The summed E-state index contributed by atoms with van der Waals surface area (Å²) in [4.78, 5) is 0. The number of allylic oxidation sites excluding steroid dienone is 5. The topological polar surface area (TPSA) is 0 Å². The Hall–Kier alpha value is 0.817. The van der Waals surface area contributed by atoms with Crippen LogP contribution in [0.1, 0.15) is 40.9 Å². The van der Waals surface area contributed by atoms with Crippen LogP contribution in [0.2, 0.25) is 22.2 Å². The maximum atomic E-state index is 3.78. The predicted octanol–water partition coefficient (Wildman–Crippen LogP) is 0.585. The van der Waals surface area contributed by atoms with Crippen molar-refractivity contribution in [2.24, 2.45) is 0 Å². The van der Waals surface area contributed by atoms with Crippen LogP contribution >= 0.6 is 15.9 Å². The molecule has 2 unspecified atom stereocenters. The van der Waals surface area contributed by atoms with Crippen LogP contribution in [0, 0.1) is 0 Å². The second-order valence-electron chi connectivity index (χ2n) is 14.7. The van der Waals surface area contributed by atoms with Crippen LogP contribution in [0.25, 0.3) is 6.08 Å². The van der Waals surface area contributed by atoms with Gasteiger partial charge in [0.15, 0.2) is 0 Å². The summed E-state index contributed by atoms with van der Waals surface area (Å²) in [5.74, 6) is 0. The van der Waals surface area contributed by atoms with Gasteiger partial charge in [0.25, 0.3) is 0 Å². The Morgan fingerprint density at radius 2 is 1.64 bits per heavy atom. The Morgan fingerprint density at radius 1 is 1.00 bits per heavy atom. The van der Waals surface area contributed by atoms with Gasteiger partial charge in [-0.15, -0.1) is 0 Å². The minimum Gasteiger partial charge on any atom is -1.00 e. The summed E-state index contributed by atoms with van der Waals surface area (Å²) in [6.07, 6.45) is 16.2. The average Bonchev–Trinajstić information content (AvgIpc) is 3.12. The largest absolute Gasteiger partial charge is 1.00 e. The van der Waals surface area contributed by atoms with Crippen molar-refractivity contribution in [3.8, 4) is 0 Å². The summed E-state index contributed by atoms with van der Waals surface area (Å²) in [6, 6.07) is 6.73. The van der Waals surface area contributed by atoms with E-state index in [1.807, 2.05) is 0 Å². The fourth-order valence-electron chi connectivity index (χ4n) is 5.20. The number of halogens is 3. The molecule has 1 aromatic carbocycles. The number of hydrogen-bond donors (Lipinski definition) is 0. The van der Waals surface area contributed by atoms with E-state index in [1.54, 1.807) is 5.57 Å². The molecule has 2 aliphatic carbocycles. The Bertz CT molecular complexity index is 1160. The summed E-state index contributed by atoms with van der Waals surface area (Å²) in [5, 5.41) is 0. The maximum Gasteiger partial charge on any atom is -1.00 e. The molecule has 0 radical (unpaired) electrons. The molecule has 0 heterocycles. The zero-order valence-electron chi connectivity index (χ0n) is 17.9. The Kier molecular flexibility index (Phi) is 5.74. The summed E-state index contributed by atoms with van der Waals surface area (Å²) >= 11 is -0.889. The Balaban J connectivity index is 0.00000196. The van der Waals surface area contributed by atoms with Crippen molar-refractivity contribution in [3.05, 3.63) is 63.7 Å². The fraction of sp³-hybridized carbons (Fsp3) is 0.455. The van der Waals surface area contributed by atoms with Crippen LogP contribution in [0.3, 0.4) is 0 Å². The zero-order chi connectivity index (χ0) is 19.6. The number of benzene rings is 1. The molecule has 0 saturated carbocycles. The molecule has 3 rings (SSSR count). The van der Waals surface area contributed by atoms with Crippen LogP contribution in [-0.2, 0) is 11.6 Å². The third kappa shape index (κ3) is 4.25. The summed E-state index contributed by atoms with van der Waals surface area (Å²) in [6.45, 7) is 7.06. The molecular weight excluding hydrogens is 562 g/mol. The molecule has 0 saturated heterocycles. The van der Waals surface area contributed by atoms with Crippen molar-refractivity contribution < 1.29 is 36.4 Å². The summed E-state index contributed by atoms with van der Waals surface area (Å²) in [5.41, 5.74) is 4.43. The third-order valence-corrected chi connectivity index (χ3v) is 40.0. The van der Waals surface area contributed by atoms with Crippen LogP contribution in [0.4, 0.5) is 0 Å². The molecular formula is C22H35BrCl2Si2Zr-8. The van der Waals surface area contributed by atoms with Gasteiger partial charge in [0, 0.05) is 0 Å². The van der Waals surface area contributed by atoms with Gasteiger partial charge in [0.2, 0.25) is 0 Å². The first-order chi connectivity index (χ1) is 11.5. The van der Waals surface area contributed by atoms with E-state index in [1.165, 1.54) is 34.9 Å². The zero-order valence-corrected chi connectivity index (χ0v) is 26.3. The molecule has 0 N–H and O–H groups in total. The third-order valence-electron chi connectivity index (χ3n) is 7.47. The van der Waals surface area contributed by atoms with Gasteiger partial charge in [-0.05, 0) is 0 Å². The van der Waals surface area contributed by atoms with Gasteiger partial charge < -0.3 is 24.8 Å². The van der Waals surface area contributed by atoms with Crippen molar-refractivity contribution in [3.63, 3.8) is 0 Å². The van der Waals surface area contributed by atoms with E-state index in [-0.39, 0.29) is 24.8 Å². The first-order valence-corrected chi connectivity index (χ1v) is 35.4. The Labute approximate surface area is 186 Å². The van der Waals surface area contributed by atoms with E-state index < -0.39 is 11.6 Å².